The molecule has 27 heavy (non-hydrogen) atoms. The van der Waals surface area contributed by atoms with Crippen LogP contribution < -0.4 is 10.2 Å². The van der Waals surface area contributed by atoms with Crippen LogP contribution in [-0.4, -0.2) is 59.0 Å². The Kier molecular flexibility index (Phi) is 3.99. The minimum Gasteiger partial charge on any atom is -0.383 e. The highest BCUT2D eigenvalue weighted by molar-refractivity contribution is 5.98. The van der Waals surface area contributed by atoms with Crippen molar-refractivity contribution < 1.29 is 4.74 Å². The molecule has 8 nitrogen and oxygen atoms in total. The van der Waals surface area contributed by atoms with Crippen molar-refractivity contribution in [3.05, 3.63) is 54.4 Å². The summed E-state index contributed by atoms with van der Waals surface area (Å²) in [5.74, 6) is 1.72. The second-order valence-corrected chi connectivity index (χ2v) is 6.65. The number of hydrogen-bond donors (Lipinski definition) is 1. The van der Waals surface area contributed by atoms with Gasteiger partial charge in [0.05, 0.1) is 36.7 Å². The van der Waals surface area contributed by atoms with Gasteiger partial charge in [-0.1, -0.05) is 18.2 Å². The van der Waals surface area contributed by atoms with Crippen LogP contribution in [0.15, 0.2) is 53.7 Å². The Balaban J connectivity index is 1.62. The van der Waals surface area contributed by atoms with E-state index in [9.17, 15) is 0 Å². The summed E-state index contributed by atoms with van der Waals surface area (Å²) in [5, 5.41) is 3.56. The Bertz CT molecular complexity index is 984. The number of aliphatic imine (C=N–C) groups is 1. The van der Waals surface area contributed by atoms with Crippen LogP contribution in [0.4, 0.5) is 5.95 Å². The number of fused-ring (bicyclic) bond motifs is 5. The Morgan fingerprint density at radius 2 is 2.07 bits per heavy atom. The van der Waals surface area contributed by atoms with Crippen molar-refractivity contribution in [2.75, 3.05) is 38.5 Å². The molecular formula is C19H21N7O. The Labute approximate surface area is 157 Å². The summed E-state index contributed by atoms with van der Waals surface area (Å²) >= 11 is 0. The minimum absolute atomic E-state index is 0.144. The van der Waals surface area contributed by atoms with Gasteiger partial charge in [0.1, 0.15) is 0 Å². The maximum Gasteiger partial charge on any atom is 0.216 e. The Morgan fingerprint density at radius 3 is 2.93 bits per heavy atom. The van der Waals surface area contributed by atoms with E-state index in [1.807, 2.05) is 42.6 Å². The molecule has 0 saturated heterocycles. The van der Waals surface area contributed by atoms with E-state index in [0.29, 0.717) is 19.9 Å². The fourth-order valence-electron chi connectivity index (χ4n) is 3.61. The fourth-order valence-corrected chi connectivity index (χ4v) is 3.61. The number of ether oxygens (including phenoxy) is 1. The van der Waals surface area contributed by atoms with E-state index in [2.05, 4.69) is 30.7 Å². The van der Waals surface area contributed by atoms with Gasteiger partial charge < -0.3 is 10.1 Å². The lowest BCUT2D eigenvalue weighted by Gasteiger charge is -2.41. The maximum absolute atomic E-state index is 5.22. The molecule has 4 heterocycles. The number of methoxy groups -OCH3 is 1. The van der Waals surface area contributed by atoms with Crippen LogP contribution >= 0.6 is 0 Å². The second kappa shape index (κ2) is 6.64. The molecule has 5 rings (SSSR count). The number of para-hydroxylation sites is 2. The second-order valence-electron chi connectivity index (χ2n) is 6.65. The van der Waals surface area contributed by atoms with E-state index < -0.39 is 0 Å². The SMILES string of the molecule is COCCN1CN=C2N[C@@H](c3ccccn3)n3c(nc4ccccc43)N2C1. The number of imidazole rings is 1. The molecule has 1 aromatic carbocycles. The molecule has 1 atom stereocenters. The van der Waals surface area contributed by atoms with Gasteiger partial charge in [0, 0.05) is 19.9 Å². The topological polar surface area (TPSA) is 70.8 Å². The molecule has 8 heteroatoms. The number of aromatic nitrogens is 3. The zero-order valence-electron chi connectivity index (χ0n) is 15.1. The van der Waals surface area contributed by atoms with Gasteiger partial charge in [0.2, 0.25) is 11.9 Å². The number of anilines is 1. The first-order valence-electron chi connectivity index (χ1n) is 9.03. The molecule has 0 bridgehead atoms. The molecule has 0 saturated carbocycles. The Morgan fingerprint density at radius 1 is 1.19 bits per heavy atom. The number of nitrogens with zero attached hydrogens (tertiary/aromatic N) is 6. The summed E-state index contributed by atoms with van der Waals surface area (Å²) in [6, 6.07) is 14.2. The molecule has 2 aliphatic rings. The average molecular weight is 363 g/mol. The molecule has 0 unspecified atom stereocenters. The summed E-state index contributed by atoms with van der Waals surface area (Å²) < 4.78 is 7.42. The van der Waals surface area contributed by atoms with Crippen LogP contribution in [-0.2, 0) is 4.74 Å². The quantitative estimate of drug-likeness (QED) is 0.760. The first kappa shape index (κ1) is 16.2. The van der Waals surface area contributed by atoms with Crippen molar-refractivity contribution in [3.63, 3.8) is 0 Å². The van der Waals surface area contributed by atoms with Gasteiger partial charge in [-0.2, -0.15) is 0 Å². The number of hydrogen-bond acceptors (Lipinski definition) is 7. The number of guanidine groups is 1. The minimum atomic E-state index is -0.144. The van der Waals surface area contributed by atoms with Gasteiger partial charge in [0.15, 0.2) is 6.17 Å². The van der Waals surface area contributed by atoms with Crippen molar-refractivity contribution in [3.8, 4) is 0 Å². The van der Waals surface area contributed by atoms with Gasteiger partial charge in [-0.25, -0.2) is 9.98 Å². The van der Waals surface area contributed by atoms with Crippen molar-refractivity contribution in [1.82, 2.24) is 24.8 Å². The third kappa shape index (κ3) is 2.73. The standard InChI is InChI=1S/C19H21N7O/c1-27-11-10-24-12-21-18-23-17(15-7-4-5-9-20-15)26-16-8-3-2-6-14(16)22-19(26)25(18)13-24/h2-9,17H,10-13H2,1H3,(H,21,23)/t17-/m1/s1. The molecule has 1 N–H and O–H groups in total. The molecule has 3 aromatic rings. The van der Waals surface area contributed by atoms with Crippen molar-refractivity contribution in [1.29, 1.82) is 0 Å². The van der Waals surface area contributed by atoms with Gasteiger partial charge in [-0.15, -0.1) is 0 Å². The molecule has 0 spiro atoms. The van der Waals surface area contributed by atoms with Gasteiger partial charge in [-0.3, -0.25) is 19.4 Å². The lowest BCUT2D eigenvalue weighted by atomic mass is 10.2. The van der Waals surface area contributed by atoms with E-state index >= 15 is 0 Å². The smallest absolute Gasteiger partial charge is 0.216 e. The summed E-state index contributed by atoms with van der Waals surface area (Å²) in [4.78, 5) is 18.6. The first-order chi connectivity index (χ1) is 13.3. The third-order valence-electron chi connectivity index (χ3n) is 4.94. The largest absolute Gasteiger partial charge is 0.383 e. The first-order valence-corrected chi connectivity index (χ1v) is 9.03. The zero-order chi connectivity index (χ0) is 18.2. The van der Waals surface area contributed by atoms with E-state index in [1.165, 1.54) is 0 Å². The van der Waals surface area contributed by atoms with Crippen molar-refractivity contribution in [2.45, 2.75) is 6.17 Å². The normalized spacial score (nSPS) is 19.4. The number of pyridine rings is 1. The fraction of sp³-hybridized carbons (Fsp3) is 0.316. The predicted octanol–water partition coefficient (Wildman–Crippen LogP) is 1.62. The predicted molar refractivity (Wildman–Crippen MR) is 103 cm³/mol. The lowest BCUT2D eigenvalue weighted by molar-refractivity contribution is 0.147. The van der Waals surface area contributed by atoms with E-state index in [1.54, 1.807) is 7.11 Å². The van der Waals surface area contributed by atoms with Crippen LogP contribution in [0.1, 0.15) is 11.9 Å². The summed E-state index contributed by atoms with van der Waals surface area (Å²) in [7, 11) is 1.72. The summed E-state index contributed by atoms with van der Waals surface area (Å²) in [6.45, 7) is 2.86. The maximum atomic E-state index is 5.22. The van der Waals surface area contributed by atoms with Crippen molar-refractivity contribution in [2.24, 2.45) is 4.99 Å². The highest BCUT2D eigenvalue weighted by Gasteiger charge is 2.36. The van der Waals surface area contributed by atoms with Crippen LogP contribution in [0, 0.1) is 0 Å². The van der Waals surface area contributed by atoms with Crippen LogP contribution in [0.2, 0.25) is 0 Å². The highest BCUT2D eigenvalue weighted by Crippen LogP contribution is 2.33. The zero-order valence-corrected chi connectivity index (χ0v) is 15.1. The molecular weight excluding hydrogens is 342 g/mol. The molecule has 2 aliphatic heterocycles. The van der Waals surface area contributed by atoms with Gasteiger partial charge in [-0.05, 0) is 24.3 Å². The van der Waals surface area contributed by atoms with Crippen LogP contribution in [0.25, 0.3) is 11.0 Å². The number of rotatable bonds is 4. The molecule has 0 fully saturated rings. The summed E-state index contributed by atoms with van der Waals surface area (Å²) in [5.41, 5.74) is 2.97. The van der Waals surface area contributed by atoms with E-state index in [4.69, 9.17) is 14.7 Å². The Hall–Kier alpha value is -2.97. The lowest BCUT2D eigenvalue weighted by Crippen LogP contribution is -2.57. The van der Waals surface area contributed by atoms with Gasteiger partial charge >= 0.3 is 0 Å². The molecule has 0 amide bonds. The molecule has 0 aliphatic carbocycles. The average Bonchev–Trinajstić information content (AvgIpc) is 3.12. The summed E-state index contributed by atoms with van der Waals surface area (Å²) in [6.07, 6.45) is 1.67. The molecule has 0 radical (unpaired) electrons. The van der Waals surface area contributed by atoms with Gasteiger partial charge in [0.25, 0.3) is 0 Å². The monoisotopic (exact) mass is 363 g/mol. The number of benzene rings is 1. The highest BCUT2D eigenvalue weighted by atomic mass is 16.5. The molecule has 2 aromatic heterocycles. The number of nitrogens with one attached hydrogen (secondary N) is 1. The van der Waals surface area contributed by atoms with Crippen LogP contribution in [0.3, 0.4) is 0 Å². The van der Waals surface area contributed by atoms with E-state index in [0.717, 1.165) is 35.2 Å². The third-order valence-corrected chi connectivity index (χ3v) is 4.94. The van der Waals surface area contributed by atoms with Crippen molar-refractivity contribution >= 4 is 22.9 Å². The van der Waals surface area contributed by atoms with E-state index in [-0.39, 0.29) is 6.17 Å². The van der Waals surface area contributed by atoms with Crippen LogP contribution in [0.5, 0.6) is 0 Å². The molecule has 138 valence electrons.